The lowest BCUT2D eigenvalue weighted by Gasteiger charge is -2.27. The maximum absolute atomic E-state index is 12.6. The van der Waals surface area contributed by atoms with Crippen LogP contribution in [0.25, 0.3) is 0 Å². The van der Waals surface area contributed by atoms with Crippen molar-refractivity contribution in [2.45, 2.75) is 56.6 Å². The molecule has 238 valence electrons. The molecule has 11 heteroatoms. The predicted octanol–water partition coefficient (Wildman–Crippen LogP) is 5.45. The van der Waals surface area contributed by atoms with Crippen LogP contribution < -0.4 is 14.2 Å². The van der Waals surface area contributed by atoms with Crippen LogP contribution in [0.5, 0.6) is 11.5 Å². The van der Waals surface area contributed by atoms with E-state index in [2.05, 4.69) is 34.0 Å². The molecule has 0 aliphatic heterocycles. The maximum Gasteiger partial charge on any atom is 0.267 e. The van der Waals surface area contributed by atoms with E-state index in [0.29, 0.717) is 30.4 Å². The molecule has 0 radical (unpaired) electrons. The van der Waals surface area contributed by atoms with Crippen molar-refractivity contribution in [2.75, 3.05) is 14.2 Å². The SMILES string of the molecule is COc1cc([C@@H](O)[C@@H](CC2Cc3ccccc3C2)Cn2ccc(CCC(=O)NS(=O)(=O)c3cnccc3Cl)c2)cc(OC)c1C. The second-order valence-electron chi connectivity index (χ2n) is 11.6. The number of fused-ring (bicyclic) bond motifs is 1. The summed E-state index contributed by atoms with van der Waals surface area (Å²) >= 11 is 5.98. The summed E-state index contributed by atoms with van der Waals surface area (Å²) in [6.45, 7) is 2.47. The number of nitrogens with zero attached hydrogens (tertiary/aromatic N) is 2. The van der Waals surface area contributed by atoms with Crippen LogP contribution in [0.1, 0.15) is 46.8 Å². The molecule has 2 N–H and O–H groups in total. The Morgan fingerprint density at radius 2 is 1.78 bits per heavy atom. The van der Waals surface area contributed by atoms with Gasteiger partial charge in [-0.05, 0) is 85.0 Å². The van der Waals surface area contributed by atoms with E-state index in [-0.39, 0.29) is 22.3 Å². The standard InChI is InChI=1S/C34H38ClN3O6S/c1-22-30(43-2)17-27(18-31(22)44-3)34(40)28(16-24-14-25-6-4-5-7-26(25)15-24)21-38-13-11-23(20-38)8-9-33(39)37-45(41,42)32-19-36-12-10-29(32)35/h4-7,10-13,17-20,24,28,34,40H,8-9,14-16,21H2,1-3H3,(H,37,39)/t28-,34+/m0/s1. The number of hydrogen-bond donors (Lipinski definition) is 2. The third-order valence-corrected chi connectivity index (χ3v) is 10.3. The van der Waals surface area contributed by atoms with Crippen LogP contribution in [0, 0.1) is 18.8 Å². The number of aryl methyl sites for hydroxylation is 1. The molecular weight excluding hydrogens is 614 g/mol. The Labute approximate surface area is 269 Å². The quantitative estimate of drug-likeness (QED) is 0.197. The van der Waals surface area contributed by atoms with Gasteiger partial charge in [0, 0.05) is 49.2 Å². The van der Waals surface area contributed by atoms with E-state index in [0.717, 1.165) is 42.1 Å². The van der Waals surface area contributed by atoms with Crippen molar-refractivity contribution in [3.05, 3.63) is 106 Å². The minimum absolute atomic E-state index is 0.0110. The lowest BCUT2D eigenvalue weighted by Crippen LogP contribution is -2.31. The lowest BCUT2D eigenvalue weighted by atomic mass is 9.85. The van der Waals surface area contributed by atoms with Crippen LogP contribution in [-0.4, -0.2) is 43.2 Å². The highest BCUT2D eigenvalue weighted by Gasteiger charge is 2.30. The van der Waals surface area contributed by atoms with Gasteiger partial charge >= 0.3 is 0 Å². The molecule has 0 fully saturated rings. The number of rotatable bonds is 13. The van der Waals surface area contributed by atoms with Crippen molar-refractivity contribution in [2.24, 2.45) is 11.8 Å². The topological polar surface area (TPSA) is 120 Å². The van der Waals surface area contributed by atoms with Gasteiger partial charge in [-0.2, -0.15) is 0 Å². The predicted molar refractivity (Wildman–Crippen MR) is 172 cm³/mol. The summed E-state index contributed by atoms with van der Waals surface area (Å²) < 4.78 is 40.5. The van der Waals surface area contributed by atoms with E-state index in [1.165, 1.54) is 23.4 Å². The van der Waals surface area contributed by atoms with Crippen molar-refractivity contribution < 1.29 is 27.8 Å². The van der Waals surface area contributed by atoms with E-state index < -0.39 is 22.0 Å². The number of ether oxygens (including phenoxy) is 2. The summed E-state index contributed by atoms with van der Waals surface area (Å²) in [7, 11) is -0.916. The Morgan fingerprint density at radius 1 is 1.11 bits per heavy atom. The van der Waals surface area contributed by atoms with Crippen LogP contribution in [-0.2, 0) is 40.6 Å². The Bertz CT molecular complexity index is 1720. The summed E-state index contributed by atoms with van der Waals surface area (Å²) in [6.07, 6.45) is 8.63. The second kappa shape index (κ2) is 14.1. The molecule has 0 saturated heterocycles. The van der Waals surface area contributed by atoms with Gasteiger partial charge in [-0.3, -0.25) is 9.78 Å². The molecular formula is C34H38ClN3O6S. The molecule has 0 spiro atoms. The van der Waals surface area contributed by atoms with Gasteiger partial charge in [-0.25, -0.2) is 13.1 Å². The number of aliphatic hydroxyl groups is 1. The molecule has 2 heterocycles. The molecule has 2 aromatic heterocycles. The van der Waals surface area contributed by atoms with Crippen molar-refractivity contribution in [1.82, 2.24) is 14.3 Å². The summed E-state index contributed by atoms with van der Waals surface area (Å²) in [5.74, 6) is 0.943. The van der Waals surface area contributed by atoms with E-state index in [1.54, 1.807) is 14.2 Å². The summed E-state index contributed by atoms with van der Waals surface area (Å²) in [5, 5.41) is 11.8. The minimum atomic E-state index is -4.13. The first-order chi connectivity index (χ1) is 21.6. The molecule has 1 aliphatic carbocycles. The molecule has 0 saturated carbocycles. The molecule has 0 unspecified atom stereocenters. The van der Waals surface area contributed by atoms with Gasteiger partial charge in [0.1, 0.15) is 16.4 Å². The molecule has 4 aromatic rings. The van der Waals surface area contributed by atoms with Crippen molar-refractivity contribution >= 4 is 27.5 Å². The average molecular weight is 652 g/mol. The molecule has 0 bridgehead atoms. The minimum Gasteiger partial charge on any atom is -0.496 e. The van der Waals surface area contributed by atoms with Gasteiger partial charge in [0.15, 0.2) is 0 Å². The van der Waals surface area contributed by atoms with Gasteiger partial charge in [0.2, 0.25) is 5.91 Å². The van der Waals surface area contributed by atoms with E-state index >= 15 is 0 Å². The number of sulfonamides is 1. The summed E-state index contributed by atoms with van der Waals surface area (Å²) in [6, 6.07) is 15.5. The highest BCUT2D eigenvalue weighted by molar-refractivity contribution is 7.90. The highest BCUT2D eigenvalue weighted by Crippen LogP contribution is 2.39. The van der Waals surface area contributed by atoms with Crippen LogP contribution in [0.15, 0.2) is 78.2 Å². The summed E-state index contributed by atoms with van der Waals surface area (Å²) in [4.78, 5) is 16.1. The fourth-order valence-corrected chi connectivity index (χ4v) is 7.64. The Balaban J connectivity index is 1.29. The lowest BCUT2D eigenvalue weighted by molar-refractivity contribution is -0.119. The fraction of sp³-hybridized carbons (Fsp3) is 0.353. The van der Waals surface area contributed by atoms with Crippen molar-refractivity contribution in [3.63, 3.8) is 0 Å². The van der Waals surface area contributed by atoms with E-state index in [9.17, 15) is 18.3 Å². The van der Waals surface area contributed by atoms with Crippen LogP contribution in [0.4, 0.5) is 0 Å². The van der Waals surface area contributed by atoms with Crippen molar-refractivity contribution in [3.8, 4) is 11.5 Å². The number of halogens is 1. The van der Waals surface area contributed by atoms with Crippen LogP contribution >= 0.6 is 11.6 Å². The second-order valence-corrected chi connectivity index (χ2v) is 13.6. The molecule has 45 heavy (non-hydrogen) atoms. The molecule has 1 aliphatic rings. The smallest absolute Gasteiger partial charge is 0.267 e. The third-order valence-electron chi connectivity index (χ3n) is 8.50. The number of aliphatic hydroxyl groups excluding tert-OH is 1. The highest BCUT2D eigenvalue weighted by atomic mass is 35.5. The van der Waals surface area contributed by atoms with Gasteiger partial charge in [0.05, 0.1) is 25.3 Å². The third kappa shape index (κ3) is 7.69. The fourth-order valence-electron chi connectivity index (χ4n) is 6.19. The number of pyridine rings is 1. The molecule has 2 aromatic carbocycles. The summed E-state index contributed by atoms with van der Waals surface area (Å²) in [5.41, 5.74) is 5.21. The zero-order valence-electron chi connectivity index (χ0n) is 25.6. The number of methoxy groups -OCH3 is 2. The maximum atomic E-state index is 12.6. The molecule has 9 nitrogen and oxygen atoms in total. The average Bonchev–Trinajstić information content (AvgIpc) is 3.65. The number of amides is 1. The van der Waals surface area contributed by atoms with Crippen molar-refractivity contribution in [1.29, 1.82) is 0 Å². The number of carbonyl (C=O) groups is 1. The zero-order valence-corrected chi connectivity index (χ0v) is 27.1. The first-order valence-electron chi connectivity index (χ1n) is 14.8. The monoisotopic (exact) mass is 651 g/mol. The zero-order chi connectivity index (χ0) is 32.1. The molecule has 5 rings (SSSR count). The first-order valence-corrected chi connectivity index (χ1v) is 16.7. The molecule has 1 amide bonds. The number of nitrogens with one attached hydrogen (secondary N) is 1. The van der Waals surface area contributed by atoms with E-state index in [4.69, 9.17) is 21.1 Å². The number of benzene rings is 2. The van der Waals surface area contributed by atoms with Crippen LogP contribution in [0.2, 0.25) is 5.02 Å². The largest absolute Gasteiger partial charge is 0.496 e. The van der Waals surface area contributed by atoms with E-state index in [1.807, 2.05) is 42.1 Å². The van der Waals surface area contributed by atoms with Gasteiger partial charge in [-0.15, -0.1) is 0 Å². The normalized spacial score (nSPS) is 14.5. The number of hydrogen-bond acceptors (Lipinski definition) is 7. The Morgan fingerprint density at radius 3 is 2.40 bits per heavy atom. The molecule has 2 atom stereocenters. The Kier molecular flexibility index (Phi) is 10.2. The van der Waals surface area contributed by atoms with Gasteiger partial charge < -0.3 is 19.1 Å². The van der Waals surface area contributed by atoms with Gasteiger partial charge in [0.25, 0.3) is 10.0 Å². The Hall–Kier alpha value is -3.86. The number of carbonyl (C=O) groups excluding carboxylic acids is 1. The number of aromatic nitrogens is 2. The van der Waals surface area contributed by atoms with Gasteiger partial charge in [-0.1, -0.05) is 35.9 Å². The van der Waals surface area contributed by atoms with Crippen LogP contribution in [0.3, 0.4) is 0 Å². The first kappa shape index (κ1) is 32.5.